The Morgan fingerprint density at radius 1 is 1.20 bits per heavy atom. The molecule has 3 amide bonds. The third kappa shape index (κ3) is 4.51. The SMILES string of the molecule is CC(C)C(=O)NCCNC(=O)C1CC(=O)N(C(C)C)C1. The highest BCUT2D eigenvalue weighted by Crippen LogP contribution is 2.19. The molecule has 1 unspecified atom stereocenters. The normalized spacial score (nSPS) is 18.8. The number of likely N-dealkylation sites (tertiary alicyclic amines) is 1. The molecule has 1 saturated heterocycles. The van der Waals surface area contributed by atoms with E-state index in [4.69, 9.17) is 0 Å². The summed E-state index contributed by atoms with van der Waals surface area (Å²) in [5.41, 5.74) is 0. The molecule has 0 aliphatic carbocycles. The maximum absolute atomic E-state index is 11.9. The predicted molar refractivity (Wildman–Crippen MR) is 75.8 cm³/mol. The summed E-state index contributed by atoms with van der Waals surface area (Å²) < 4.78 is 0. The van der Waals surface area contributed by atoms with Gasteiger partial charge in [0.05, 0.1) is 5.92 Å². The van der Waals surface area contributed by atoms with Crippen molar-refractivity contribution in [1.82, 2.24) is 15.5 Å². The Morgan fingerprint density at radius 3 is 2.30 bits per heavy atom. The Kier molecular flexibility index (Phi) is 5.98. The van der Waals surface area contributed by atoms with Crippen LogP contribution in [0.15, 0.2) is 0 Å². The average Bonchev–Trinajstić information content (AvgIpc) is 2.76. The zero-order chi connectivity index (χ0) is 15.3. The molecule has 1 rings (SSSR count). The van der Waals surface area contributed by atoms with Crippen LogP contribution in [-0.4, -0.2) is 48.3 Å². The molecule has 0 aromatic rings. The second-order valence-electron chi connectivity index (χ2n) is 5.78. The van der Waals surface area contributed by atoms with Gasteiger partial charge in [0.25, 0.3) is 0 Å². The standard InChI is InChI=1S/C14H25N3O3/c1-9(2)13(19)15-5-6-16-14(20)11-7-12(18)17(8-11)10(3)4/h9-11H,5-8H2,1-4H3,(H,15,19)(H,16,20). The Bertz CT molecular complexity index is 380. The van der Waals surface area contributed by atoms with Crippen LogP contribution in [-0.2, 0) is 14.4 Å². The molecule has 0 bridgehead atoms. The molecular weight excluding hydrogens is 258 g/mol. The van der Waals surface area contributed by atoms with Gasteiger partial charge in [-0.15, -0.1) is 0 Å². The first-order chi connectivity index (χ1) is 9.32. The summed E-state index contributed by atoms with van der Waals surface area (Å²) in [6, 6.07) is 0.130. The second-order valence-corrected chi connectivity index (χ2v) is 5.78. The van der Waals surface area contributed by atoms with E-state index < -0.39 is 0 Å². The number of nitrogens with zero attached hydrogens (tertiary/aromatic N) is 1. The van der Waals surface area contributed by atoms with Crippen LogP contribution in [0.3, 0.4) is 0 Å². The fourth-order valence-electron chi connectivity index (χ4n) is 2.13. The molecule has 6 heteroatoms. The molecule has 1 aliphatic heterocycles. The molecular formula is C14H25N3O3. The van der Waals surface area contributed by atoms with Gasteiger partial charge in [0.1, 0.15) is 0 Å². The van der Waals surface area contributed by atoms with Crippen molar-refractivity contribution in [2.24, 2.45) is 11.8 Å². The van der Waals surface area contributed by atoms with Crippen LogP contribution in [0.5, 0.6) is 0 Å². The number of hydrogen-bond donors (Lipinski definition) is 2. The molecule has 6 nitrogen and oxygen atoms in total. The Hall–Kier alpha value is -1.59. The fourth-order valence-corrected chi connectivity index (χ4v) is 2.13. The number of rotatable bonds is 6. The van der Waals surface area contributed by atoms with Gasteiger partial charge in [-0.2, -0.15) is 0 Å². The van der Waals surface area contributed by atoms with E-state index in [1.165, 1.54) is 0 Å². The number of carbonyl (C=O) groups is 3. The van der Waals surface area contributed by atoms with Crippen LogP contribution in [0.1, 0.15) is 34.1 Å². The fraction of sp³-hybridized carbons (Fsp3) is 0.786. The Labute approximate surface area is 120 Å². The van der Waals surface area contributed by atoms with Crippen molar-refractivity contribution in [3.8, 4) is 0 Å². The summed E-state index contributed by atoms with van der Waals surface area (Å²) in [5, 5.41) is 5.50. The molecule has 20 heavy (non-hydrogen) atoms. The van der Waals surface area contributed by atoms with Gasteiger partial charge in [0.2, 0.25) is 17.7 Å². The van der Waals surface area contributed by atoms with Crippen LogP contribution in [0.4, 0.5) is 0 Å². The summed E-state index contributed by atoms with van der Waals surface area (Å²) in [6.45, 7) is 8.82. The lowest BCUT2D eigenvalue weighted by molar-refractivity contribution is -0.129. The lowest BCUT2D eigenvalue weighted by Crippen LogP contribution is -2.39. The monoisotopic (exact) mass is 283 g/mol. The summed E-state index contributed by atoms with van der Waals surface area (Å²) >= 11 is 0. The highest BCUT2D eigenvalue weighted by atomic mass is 16.2. The summed E-state index contributed by atoms with van der Waals surface area (Å²) in [5.74, 6) is -0.432. The minimum atomic E-state index is -0.272. The van der Waals surface area contributed by atoms with Crippen molar-refractivity contribution in [2.45, 2.75) is 40.2 Å². The van der Waals surface area contributed by atoms with Crippen LogP contribution >= 0.6 is 0 Å². The molecule has 1 atom stereocenters. The second kappa shape index (κ2) is 7.26. The highest BCUT2D eigenvalue weighted by Gasteiger charge is 2.35. The Balaban J connectivity index is 2.27. The van der Waals surface area contributed by atoms with Gasteiger partial charge in [-0.1, -0.05) is 13.8 Å². The molecule has 1 aliphatic rings. The zero-order valence-electron chi connectivity index (χ0n) is 12.7. The molecule has 1 fully saturated rings. The summed E-state index contributed by atoms with van der Waals surface area (Å²) in [4.78, 5) is 36.7. The van der Waals surface area contributed by atoms with Crippen molar-refractivity contribution in [1.29, 1.82) is 0 Å². The highest BCUT2D eigenvalue weighted by molar-refractivity contribution is 5.89. The largest absolute Gasteiger partial charge is 0.354 e. The van der Waals surface area contributed by atoms with Gasteiger partial charge in [-0.3, -0.25) is 14.4 Å². The minimum absolute atomic E-state index is 0.0266. The number of carbonyl (C=O) groups excluding carboxylic acids is 3. The van der Waals surface area contributed by atoms with Gasteiger partial charge < -0.3 is 15.5 Å². The summed E-state index contributed by atoms with van der Waals surface area (Å²) in [6.07, 6.45) is 0.280. The maximum atomic E-state index is 11.9. The van der Waals surface area contributed by atoms with E-state index in [1.54, 1.807) is 4.90 Å². The zero-order valence-corrected chi connectivity index (χ0v) is 12.7. The van der Waals surface area contributed by atoms with Crippen molar-refractivity contribution >= 4 is 17.7 Å². The van der Waals surface area contributed by atoms with Gasteiger partial charge >= 0.3 is 0 Å². The number of nitrogens with one attached hydrogen (secondary N) is 2. The van der Waals surface area contributed by atoms with Gasteiger partial charge in [0, 0.05) is 38.0 Å². The van der Waals surface area contributed by atoms with Crippen LogP contribution < -0.4 is 10.6 Å². The average molecular weight is 283 g/mol. The molecule has 0 aromatic heterocycles. The van der Waals surface area contributed by atoms with Crippen molar-refractivity contribution in [3.05, 3.63) is 0 Å². The molecule has 0 radical (unpaired) electrons. The van der Waals surface area contributed by atoms with E-state index in [2.05, 4.69) is 10.6 Å². The third-order valence-electron chi connectivity index (χ3n) is 3.40. The first-order valence-corrected chi connectivity index (χ1v) is 7.17. The molecule has 0 saturated carbocycles. The first kappa shape index (κ1) is 16.5. The van der Waals surface area contributed by atoms with Crippen molar-refractivity contribution < 1.29 is 14.4 Å². The molecule has 2 N–H and O–H groups in total. The number of hydrogen-bond acceptors (Lipinski definition) is 3. The van der Waals surface area contributed by atoms with Crippen molar-refractivity contribution in [3.63, 3.8) is 0 Å². The van der Waals surface area contributed by atoms with E-state index in [1.807, 2.05) is 27.7 Å². The lowest BCUT2D eigenvalue weighted by atomic mass is 10.1. The number of amides is 3. The van der Waals surface area contributed by atoms with Gasteiger partial charge in [0.15, 0.2) is 0 Å². The molecule has 0 spiro atoms. The Morgan fingerprint density at radius 2 is 1.80 bits per heavy atom. The lowest BCUT2D eigenvalue weighted by Gasteiger charge is -2.20. The quantitative estimate of drug-likeness (QED) is 0.680. The van der Waals surface area contributed by atoms with Crippen LogP contribution in [0.2, 0.25) is 0 Å². The third-order valence-corrected chi connectivity index (χ3v) is 3.40. The minimum Gasteiger partial charge on any atom is -0.354 e. The van der Waals surface area contributed by atoms with Crippen molar-refractivity contribution in [2.75, 3.05) is 19.6 Å². The smallest absolute Gasteiger partial charge is 0.225 e. The van der Waals surface area contributed by atoms with E-state index in [-0.39, 0.29) is 42.0 Å². The predicted octanol–water partition coefficient (Wildman–Crippen LogP) is 0.132. The maximum Gasteiger partial charge on any atom is 0.225 e. The topological polar surface area (TPSA) is 78.5 Å². The van der Waals surface area contributed by atoms with Crippen LogP contribution in [0, 0.1) is 11.8 Å². The van der Waals surface area contributed by atoms with E-state index in [9.17, 15) is 14.4 Å². The van der Waals surface area contributed by atoms with Gasteiger partial charge in [-0.05, 0) is 13.8 Å². The molecule has 1 heterocycles. The van der Waals surface area contributed by atoms with E-state index in [0.29, 0.717) is 19.6 Å². The molecule has 114 valence electrons. The van der Waals surface area contributed by atoms with E-state index >= 15 is 0 Å². The summed E-state index contributed by atoms with van der Waals surface area (Å²) in [7, 11) is 0. The first-order valence-electron chi connectivity index (χ1n) is 7.17. The van der Waals surface area contributed by atoms with E-state index in [0.717, 1.165) is 0 Å². The van der Waals surface area contributed by atoms with Crippen LogP contribution in [0.25, 0.3) is 0 Å². The van der Waals surface area contributed by atoms with Gasteiger partial charge in [-0.25, -0.2) is 0 Å². The molecule has 0 aromatic carbocycles.